The first-order valence-electron chi connectivity index (χ1n) is 25.0. The molecule has 0 heterocycles. The highest BCUT2D eigenvalue weighted by Gasteiger charge is 2.78. The zero-order chi connectivity index (χ0) is 63.4. The topological polar surface area (TPSA) is 79.2 Å². The van der Waals surface area contributed by atoms with Crippen molar-refractivity contribution in [3.05, 3.63) is 0 Å². The second-order valence-corrected chi connectivity index (χ2v) is 24.3. The number of ether oxygens (including phenoxy) is 2. The van der Waals surface area contributed by atoms with E-state index in [9.17, 15) is 134 Å². The molecule has 4 aliphatic carbocycles. The molecule has 0 aromatic rings. The van der Waals surface area contributed by atoms with Crippen molar-refractivity contribution in [1.29, 1.82) is 0 Å². The number of hydrogen-bond donors (Lipinski definition) is 3. The van der Waals surface area contributed by atoms with Crippen LogP contribution in [0.3, 0.4) is 0 Å². The number of fused-ring (bicyclic) bond motifs is 4. The molecule has 0 amide bonds. The van der Waals surface area contributed by atoms with E-state index in [0.29, 0.717) is 27.2 Å². The Balaban J connectivity index is 0.000000465. The summed E-state index contributed by atoms with van der Waals surface area (Å²) in [6, 6.07) is 0. The fourth-order valence-electron chi connectivity index (χ4n) is 13.4. The van der Waals surface area contributed by atoms with E-state index in [4.69, 9.17) is 0 Å². The Hall–Kier alpha value is -2.09. The van der Waals surface area contributed by atoms with E-state index in [1.165, 1.54) is 0 Å². The Morgan fingerprint density at radius 3 is 1.01 bits per heavy atom. The third kappa shape index (κ3) is 13.6. The van der Waals surface area contributed by atoms with Gasteiger partial charge in [0.2, 0.25) is 0 Å². The van der Waals surface area contributed by atoms with Gasteiger partial charge in [-0.25, -0.2) is 0 Å². The fraction of sp³-hybridized carbons (Fsp3) is 1.00. The summed E-state index contributed by atoms with van der Waals surface area (Å²) in [4.78, 5) is 0. The highest BCUT2D eigenvalue weighted by atomic mass is 19.5. The lowest BCUT2D eigenvalue weighted by molar-refractivity contribution is -0.412. The van der Waals surface area contributed by atoms with Gasteiger partial charge in [-0.1, -0.05) is 34.6 Å². The summed E-state index contributed by atoms with van der Waals surface area (Å²) in [7, 11) is 0. The van der Waals surface area contributed by atoms with Crippen LogP contribution in [0.25, 0.3) is 0 Å². The van der Waals surface area contributed by atoms with E-state index >= 15 is 0 Å². The van der Waals surface area contributed by atoms with Crippen LogP contribution in [0.4, 0.5) is 119 Å². The molecule has 13 unspecified atom stereocenters. The minimum atomic E-state index is -6.66. The molecule has 0 radical (unpaired) electrons. The Morgan fingerprint density at radius 1 is 0.425 bits per heavy atom. The maximum Gasteiger partial charge on any atom is 0.426 e. The van der Waals surface area contributed by atoms with Crippen molar-refractivity contribution < 1.29 is 143 Å². The van der Waals surface area contributed by atoms with Crippen LogP contribution in [-0.4, -0.2) is 110 Å². The van der Waals surface area contributed by atoms with Crippen LogP contribution >= 0.6 is 0 Å². The van der Waals surface area contributed by atoms with Crippen LogP contribution in [0.5, 0.6) is 0 Å². The van der Waals surface area contributed by atoms with Crippen molar-refractivity contribution in [3.8, 4) is 0 Å². The van der Waals surface area contributed by atoms with Crippen LogP contribution in [0.1, 0.15) is 133 Å². The molecule has 3 N–H and O–H groups in total. The van der Waals surface area contributed by atoms with Gasteiger partial charge in [0, 0.05) is 12.3 Å². The molecule has 13 atom stereocenters. The van der Waals surface area contributed by atoms with Crippen molar-refractivity contribution in [1.82, 2.24) is 0 Å². The predicted octanol–water partition coefficient (Wildman–Crippen LogP) is 16.8. The van der Waals surface area contributed by atoms with Crippen molar-refractivity contribution in [3.63, 3.8) is 0 Å². The van der Waals surface area contributed by atoms with Crippen LogP contribution < -0.4 is 0 Å². The van der Waals surface area contributed by atoms with Gasteiger partial charge < -0.3 is 24.8 Å². The molecule has 4 fully saturated rings. The number of aliphatic hydroxyl groups is 3. The van der Waals surface area contributed by atoms with Crippen molar-refractivity contribution in [2.75, 3.05) is 0 Å². The molecule has 0 aliphatic heterocycles. The minimum Gasteiger partial charge on any atom is -0.381 e. The molecule has 0 saturated heterocycles. The number of alkyl halides is 27. The molecule has 4 aliphatic rings. The van der Waals surface area contributed by atoms with E-state index in [1.807, 2.05) is 6.92 Å². The third-order valence-corrected chi connectivity index (χ3v) is 18.3. The van der Waals surface area contributed by atoms with E-state index in [-0.39, 0.29) is 81.5 Å². The molecule has 4 bridgehead atoms. The molecule has 0 spiro atoms. The Bertz CT molecular complexity index is 2000. The number of hydrogen-bond acceptors (Lipinski definition) is 5. The SMILES string of the molecule is CC1C2CC(CC(OC(C)(C)C(CCC(O)(C(F)(F)F)C(F)(F)F)CC(C)C(O)(C(F)(F)F)C(F)(F)F)(C(F)(F)F)C(F)(F)F)C(C2)C1C.CC1C2CC(CC(OC(C)(C)CC(C)(O)C(F)(F)F)(C(F)(F)F)C(F)(F)F)C(C2)C1C. The predicted molar refractivity (Wildman–Crippen MR) is 227 cm³/mol. The van der Waals surface area contributed by atoms with Gasteiger partial charge in [-0.05, 0) is 158 Å². The van der Waals surface area contributed by atoms with Crippen LogP contribution in [-0.2, 0) is 9.47 Å². The molecule has 4 saturated carbocycles. The zero-order valence-electron chi connectivity index (χ0n) is 44.4. The Morgan fingerprint density at radius 2 is 0.750 bits per heavy atom. The first kappa shape index (κ1) is 72.2. The van der Waals surface area contributed by atoms with E-state index in [0.717, 1.165) is 0 Å². The minimum absolute atomic E-state index is 0.0168. The molecule has 0 aromatic heterocycles. The summed E-state index contributed by atoms with van der Waals surface area (Å²) in [5.41, 5.74) is -31.0. The average molecular weight is 1230 g/mol. The zero-order valence-corrected chi connectivity index (χ0v) is 44.4. The van der Waals surface area contributed by atoms with Gasteiger partial charge in [-0.2, -0.15) is 119 Å². The summed E-state index contributed by atoms with van der Waals surface area (Å²) in [5, 5.41) is 29.0. The summed E-state index contributed by atoms with van der Waals surface area (Å²) >= 11 is 0. The van der Waals surface area contributed by atoms with Gasteiger partial charge in [0.15, 0.2) is 5.60 Å². The standard InChI is InChI=1S/C28H36F18O3.C20H29F9O2/c1-12(22(48,27(41,42)43)28(44,45)46)8-17(6-7-20(47,23(29,30)31)24(32,33)34)19(4,5)49-21(25(35,36)37,26(38,39)40)11-16-9-15-10-18(16)14(3)13(15)2;1-10-11(2)14-7-12(10)6-13(14)8-17(19(24,25)26,20(27,28)29)31-15(3,4)9-16(5,30)18(21,22)23/h12-18,47-48H,6-11H2,1-5H3;10-14,30H,6-9H2,1-5H3. The quantitative estimate of drug-likeness (QED) is 0.127. The summed E-state index contributed by atoms with van der Waals surface area (Å²) in [5.74, 6) is -10.2. The van der Waals surface area contributed by atoms with Gasteiger partial charge >= 0.3 is 55.6 Å². The van der Waals surface area contributed by atoms with Gasteiger partial charge in [-0.15, -0.1) is 0 Å². The maximum absolute atomic E-state index is 14.7. The van der Waals surface area contributed by atoms with Crippen molar-refractivity contribution >= 4 is 0 Å². The van der Waals surface area contributed by atoms with Gasteiger partial charge in [-0.3, -0.25) is 0 Å². The van der Waals surface area contributed by atoms with E-state index in [2.05, 4.69) is 9.47 Å². The normalized spacial score (nSPS) is 28.9. The van der Waals surface area contributed by atoms with Crippen molar-refractivity contribution in [2.24, 2.45) is 71.0 Å². The van der Waals surface area contributed by atoms with Gasteiger partial charge in [0.25, 0.3) is 22.4 Å². The van der Waals surface area contributed by atoms with Crippen LogP contribution in [0.15, 0.2) is 0 Å². The average Bonchev–Trinajstić information content (AvgIpc) is 3.95. The molecule has 80 heavy (non-hydrogen) atoms. The fourth-order valence-corrected chi connectivity index (χ4v) is 13.4. The molecule has 32 heteroatoms. The molecule has 4 rings (SSSR count). The monoisotopic (exact) mass is 1230 g/mol. The lowest BCUT2D eigenvalue weighted by atomic mass is 9.70. The highest BCUT2D eigenvalue weighted by molar-refractivity contribution is 5.09. The molecule has 0 aromatic carbocycles. The molecular weight excluding hydrogens is 1170 g/mol. The summed E-state index contributed by atoms with van der Waals surface area (Å²) in [6.45, 7) is 9.12. The van der Waals surface area contributed by atoms with Gasteiger partial charge in [0.05, 0.1) is 11.2 Å². The highest BCUT2D eigenvalue weighted by Crippen LogP contribution is 2.64. The summed E-state index contributed by atoms with van der Waals surface area (Å²) < 4.78 is 382. The Kier molecular flexibility index (Phi) is 19.9. The van der Waals surface area contributed by atoms with E-state index in [1.54, 1.807) is 20.8 Å². The van der Waals surface area contributed by atoms with Crippen LogP contribution in [0, 0.1) is 71.0 Å². The molecule has 5 nitrogen and oxygen atoms in total. The summed E-state index contributed by atoms with van der Waals surface area (Å²) in [6.07, 6.45) is -67.4. The second kappa shape index (κ2) is 22.0. The lowest BCUT2D eigenvalue weighted by Gasteiger charge is -2.49. The third-order valence-electron chi connectivity index (χ3n) is 18.3. The second-order valence-electron chi connectivity index (χ2n) is 24.3. The first-order chi connectivity index (χ1) is 34.9. The van der Waals surface area contributed by atoms with Crippen LogP contribution in [0.2, 0.25) is 0 Å². The first-order valence-corrected chi connectivity index (χ1v) is 25.0. The smallest absolute Gasteiger partial charge is 0.381 e. The molecule has 476 valence electrons. The maximum atomic E-state index is 14.7. The lowest BCUT2D eigenvalue weighted by Crippen LogP contribution is -2.65. The van der Waals surface area contributed by atoms with Crippen molar-refractivity contribution in [2.45, 2.75) is 228 Å². The number of halogens is 27. The van der Waals surface area contributed by atoms with E-state index < -0.39 is 163 Å². The Labute approximate surface area is 442 Å². The largest absolute Gasteiger partial charge is 0.426 e. The van der Waals surface area contributed by atoms with Gasteiger partial charge in [0.1, 0.15) is 0 Å². The number of rotatable bonds is 17. The molecular formula is C48H65F27O5.